The van der Waals surface area contributed by atoms with Gasteiger partial charge in [0.05, 0.1) is 5.69 Å². The fourth-order valence-electron chi connectivity index (χ4n) is 3.21. The fourth-order valence-corrected chi connectivity index (χ4v) is 4.84. The molecule has 4 nitrogen and oxygen atoms in total. The molecule has 1 aromatic carbocycles. The summed E-state index contributed by atoms with van der Waals surface area (Å²) in [6.45, 7) is 8.85. The van der Waals surface area contributed by atoms with Crippen molar-refractivity contribution in [3.8, 4) is 0 Å². The van der Waals surface area contributed by atoms with Gasteiger partial charge >= 0.3 is 0 Å². The summed E-state index contributed by atoms with van der Waals surface area (Å²) in [5, 5.41) is 0.571. The molecule has 0 bridgehead atoms. The molecule has 1 aromatic rings. The first-order chi connectivity index (χ1) is 10.9. The van der Waals surface area contributed by atoms with Gasteiger partial charge in [-0.1, -0.05) is 35.5 Å². The molecular weight excluding hydrogens is 332 g/mol. The SMILES string of the molecule is C=C(C)CN(CC)C(=O)[C@@]12CCC(=O)N1c1cc(Cl)ccc1S2. The van der Waals surface area contributed by atoms with Crippen LogP contribution in [0.25, 0.3) is 0 Å². The minimum atomic E-state index is -0.866. The quantitative estimate of drug-likeness (QED) is 0.777. The van der Waals surface area contributed by atoms with Crippen LogP contribution >= 0.6 is 23.4 Å². The number of rotatable bonds is 4. The highest BCUT2D eigenvalue weighted by Crippen LogP contribution is 2.56. The first kappa shape index (κ1) is 16.4. The maximum atomic E-state index is 13.3. The maximum Gasteiger partial charge on any atom is 0.260 e. The van der Waals surface area contributed by atoms with Crippen molar-refractivity contribution in [3.63, 3.8) is 0 Å². The molecule has 2 amide bonds. The van der Waals surface area contributed by atoms with E-state index in [1.54, 1.807) is 21.9 Å². The second kappa shape index (κ2) is 5.87. The highest BCUT2D eigenvalue weighted by molar-refractivity contribution is 8.02. The number of thioether (sulfide) groups is 1. The van der Waals surface area contributed by atoms with Gasteiger partial charge in [-0.25, -0.2) is 0 Å². The number of amides is 2. The molecule has 0 spiro atoms. The standard InChI is InChI=1S/C17H19ClN2O2S/c1-4-19(10-11(2)3)16(22)17-8-7-15(21)20(17)13-9-12(18)5-6-14(13)23-17/h5-6,9H,2,4,7-8,10H2,1,3H3/t17-/m0/s1. The predicted molar refractivity (Wildman–Crippen MR) is 93.8 cm³/mol. The van der Waals surface area contributed by atoms with E-state index in [-0.39, 0.29) is 11.8 Å². The molecule has 1 saturated heterocycles. The summed E-state index contributed by atoms with van der Waals surface area (Å²) >= 11 is 7.56. The van der Waals surface area contributed by atoms with Crippen molar-refractivity contribution in [2.24, 2.45) is 0 Å². The molecule has 122 valence electrons. The Bertz CT molecular complexity index is 706. The Labute approximate surface area is 145 Å². The van der Waals surface area contributed by atoms with Gasteiger partial charge in [-0.2, -0.15) is 0 Å². The van der Waals surface area contributed by atoms with E-state index in [4.69, 9.17) is 11.6 Å². The summed E-state index contributed by atoms with van der Waals surface area (Å²) in [5.41, 5.74) is 1.68. The molecule has 23 heavy (non-hydrogen) atoms. The molecule has 1 fully saturated rings. The molecule has 2 aliphatic heterocycles. The van der Waals surface area contributed by atoms with Crippen LogP contribution in [-0.4, -0.2) is 34.7 Å². The average Bonchev–Trinajstić information content (AvgIpc) is 3.00. The number of hydrogen-bond donors (Lipinski definition) is 0. The van der Waals surface area contributed by atoms with Gasteiger partial charge in [0.2, 0.25) is 5.91 Å². The molecule has 0 radical (unpaired) electrons. The van der Waals surface area contributed by atoms with E-state index in [1.165, 1.54) is 11.8 Å². The summed E-state index contributed by atoms with van der Waals surface area (Å²) in [7, 11) is 0. The predicted octanol–water partition coefficient (Wildman–Crippen LogP) is 3.69. The lowest BCUT2D eigenvalue weighted by Gasteiger charge is -2.35. The average molecular weight is 351 g/mol. The van der Waals surface area contributed by atoms with Crippen LogP contribution in [-0.2, 0) is 9.59 Å². The van der Waals surface area contributed by atoms with Gasteiger partial charge in [0.25, 0.3) is 5.91 Å². The van der Waals surface area contributed by atoms with Gasteiger partial charge in [-0.3, -0.25) is 14.5 Å². The molecule has 0 aliphatic carbocycles. The number of anilines is 1. The smallest absolute Gasteiger partial charge is 0.260 e. The van der Waals surface area contributed by atoms with Gasteiger partial charge in [0.15, 0.2) is 4.87 Å². The summed E-state index contributed by atoms with van der Waals surface area (Å²) in [4.78, 5) is 29.2. The van der Waals surface area contributed by atoms with E-state index in [0.717, 1.165) is 16.2 Å². The van der Waals surface area contributed by atoms with Crippen molar-refractivity contribution in [2.75, 3.05) is 18.0 Å². The number of nitrogens with zero attached hydrogens (tertiary/aromatic N) is 2. The Hall–Kier alpha value is -1.46. The third-order valence-electron chi connectivity index (χ3n) is 4.19. The largest absolute Gasteiger partial charge is 0.336 e. The van der Waals surface area contributed by atoms with Crippen LogP contribution < -0.4 is 4.90 Å². The molecule has 6 heteroatoms. The third-order valence-corrected chi connectivity index (χ3v) is 5.89. The first-order valence-corrected chi connectivity index (χ1v) is 8.84. The van der Waals surface area contributed by atoms with Crippen LogP contribution in [0.5, 0.6) is 0 Å². The Morgan fingerprint density at radius 2 is 2.26 bits per heavy atom. The van der Waals surface area contributed by atoms with Crippen molar-refractivity contribution in [3.05, 3.63) is 35.4 Å². The summed E-state index contributed by atoms with van der Waals surface area (Å²) in [6, 6.07) is 5.46. The van der Waals surface area contributed by atoms with Crippen LogP contribution in [0.1, 0.15) is 26.7 Å². The fraction of sp³-hybridized carbons (Fsp3) is 0.412. The highest BCUT2D eigenvalue weighted by atomic mass is 35.5. The lowest BCUT2D eigenvalue weighted by atomic mass is 10.1. The Balaban J connectivity index is 2.02. The zero-order chi connectivity index (χ0) is 16.8. The number of likely N-dealkylation sites (N-methyl/N-ethyl adjacent to an activating group) is 1. The number of halogens is 1. The van der Waals surface area contributed by atoms with E-state index in [0.29, 0.717) is 31.0 Å². The van der Waals surface area contributed by atoms with Gasteiger partial charge in [0, 0.05) is 29.4 Å². The van der Waals surface area contributed by atoms with Gasteiger partial charge in [-0.15, -0.1) is 0 Å². The van der Waals surface area contributed by atoms with Gasteiger partial charge in [0.1, 0.15) is 0 Å². The van der Waals surface area contributed by atoms with E-state index in [9.17, 15) is 9.59 Å². The zero-order valence-electron chi connectivity index (χ0n) is 13.3. The molecular formula is C17H19ClN2O2S. The Kier molecular flexibility index (Phi) is 4.19. The number of carbonyl (C=O) groups is 2. The van der Waals surface area contributed by atoms with Crippen molar-refractivity contribution >= 4 is 40.9 Å². The van der Waals surface area contributed by atoms with Crippen LogP contribution in [0.15, 0.2) is 35.2 Å². The number of fused-ring (bicyclic) bond motifs is 3. The molecule has 0 saturated carbocycles. The number of hydrogen-bond acceptors (Lipinski definition) is 3. The molecule has 0 aromatic heterocycles. The summed E-state index contributed by atoms with van der Waals surface area (Å²) < 4.78 is 0. The topological polar surface area (TPSA) is 40.6 Å². The normalized spacial score (nSPS) is 22.0. The van der Waals surface area contributed by atoms with Crippen LogP contribution in [0.2, 0.25) is 5.02 Å². The first-order valence-electron chi connectivity index (χ1n) is 7.64. The van der Waals surface area contributed by atoms with Crippen molar-refractivity contribution in [1.29, 1.82) is 0 Å². The molecule has 2 aliphatic rings. The monoisotopic (exact) mass is 350 g/mol. The maximum absolute atomic E-state index is 13.3. The second-order valence-corrected chi connectivity index (χ2v) is 7.76. The zero-order valence-corrected chi connectivity index (χ0v) is 14.8. The lowest BCUT2D eigenvalue weighted by Crippen LogP contribution is -2.54. The molecule has 3 rings (SSSR count). The minimum absolute atomic E-state index is 0.0155. The summed E-state index contributed by atoms with van der Waals surface area (Å²) in [5.74, 6) is -0.0376. The number of carbonyl (C=O) groups excluding carboxylic acids is 2. The molecule has 1 atom stereocenters. The van der Waals surface area contributed by atoms with Crippen molar-refractivity contribution < 1.29 is 9.59 Å². The van der Waals surface area contributed by atoms with Crippen molar-refractivity contribution in [1.82, 2.24) is 4.90 Å². The van der Waals surface area contributed by atoms with Crippen LogP contribution in [0, 0.1) is 0 Å². The van der Waals surface area contributed by atoms with Crippen molar-refractivity contribution in [2.45, 2.75) is 36.5 Å². The van der Waals surface area contributed by atoms with E-state index < -0.39 is 4.87 Å². The lowest BCUT2D eigenvalue weighted by molar-refractivity contribution is -0.133. The molecule has 2 heterocycles. The minimum Gasteiger partial charge on any atom is -0.336 e. The van der Waals surface area contributed by atoms with Gasteiger partial charge in [-0.05, 0) is 38.5 Å². The second-order valence-electron chi connectivity index (χ2n) is 6.00. The van der Waals surface area contributed by atoms with Crippen LogP contribution in [0.3, 0.4) is 0 Å². The Morgan fingerprint density at radius 1 is 1.52 bits per heavy atom. The summed E-state index contributed by atoms with van der Waals surface area (Å²) in [6.07, 6.45) is 0.906. The van der Waals surface area contributed by atoms with E-state index in [1.807, 2.05) is 19.9 Å². The van der Waals surface area contributed by atoms with Gasteiger partial charge < -0.3 is 4.90 Å². The third kappa shape index (κ3) is 2.56. The Morgan fingerprint density at radius 3 is 2.91 bits per heavy atom. The van der Waals surface area contributed by atoms with E-state index in [2.05, 4.69) is 6.58 Å². The number of benzene rings is 1. The van der Waals surface area contributed by atoms with E-state index >= 15 is 0 Å². The molecule has 0 N–H and O–H groups in total. The highest BCUT2D eigenvalue weighted by Gasteiger charge is 2.58. The molecule has 0 unspecified atom stereocenters. The van der Waals surface area contributed by atoms with Crippen LogP contribution in [0.4, 0.5) is 5.69 Å².